The van der Waals surface area contributed by atoms with Gasteiger partial charge in [-0.05, 0) is 13.0 Å². The molecule has 1 aliphatic heterocycles. The van der Waals surface area contributed by atoms with Gasteiger partial charge in [-0.15, -0.1) is 0 Å². The molecule has 2 heterocycles. The summed E-state index contributed by atoms with van der Waals surface area (Å²) in [6.07, 6.45) is 2.82. The van der Waals surface area contributed by atoms with Gasteiger partial charge in [0.15, 0.2) is 0 Å². The summed E-state index contributed by atoms with van der Waals surface area (Å²) in [5.41, 5.74) is 1.09. The van der Waals surface area contributed by atoms with Crippen LogP contribution in [0.4, 0.5) is 0 Å². The van der Waals surface area contributed by atoms with Crippen molar-refractivity contribution in [3.8, 4) is 0 Å². The van der Waals surface area contributed by atoms with Crippen LogP contribution in [0.25, 0.3) is 0 Å². The molecular weight excluding hydrogens is 128 g/mol. The Bertz CT molecular complexity index is 189. The van der Waals surface area contributed by atoms with E-state index in [1.807, 2.05) is 6.07 Å². The predicted molar refractivity (Wildman–Crippen MR) is 36.7 cm³/mol. The molecule has 10 heavy (non-hydrogen) atoms. The Labute approximate surface area is 59.4 Å². The van der Waals surface area contributed by atoms with Crippen molar-refractivity contribution in [2.24, 2.45) is 0 Å². The van der Waals surface area contributed by atoms with Crippen LogP contribution in [0.15, 0.2) is 16.9 Å². The molecule has 1 unspecified atom stereocenters. The van der Waals surface area contributed by atoms with Crippen LogP contribution >= 0.6 is 0 Å². The molecule has 1 aromatic heterocycles. The Morgan fingerprint density at radius 3 is 3.30 bits per heavy atom. The van der Waals surface area contributed by atoms with E-state index in [0.29, 0.717) is 5.92 Å². The fourth-order valence-corrected chi connectivity index (χ4v) is 1.34. The second kappa shape index (κ2) is 2.42. The first kappa shape index (κ1) is 5.92. The van der Waals surface area contributed by atoms with Gasteiger partial charge < -0.3 is 9.84 Å². The molecule has 54 valence electrons. The number of nitrogens with zero attached hydrogens (tertiary/aromatic N) is 1. The van der Waals surface area contributed by atoms with E-state index in [2.05, 4.69) is 10.5 Å². The van der Waals surface area contributed by atoms with Crippen molar-refractivity contribution in [3.63, 3.8) is 0 Å². The summed E-state index contributed by atoms with van der Waals surface area (Å²) in [6, 6.07) is 1.94. The van der Waals surface area contributed by atoms with E-state index in [9.17, 15) is 0 Å². The lowest BCUT2D eigenvalue weighted by molar-refractivity contribution is 0.406. The molecule has 1 aromatic rings. The molecule has 2 rings (SSSR count). The second-order valence-electron chi connectivity index (χ2n) is 2.61. The van der Waals surface area contributed by atoms with Crippen LogP contribution in [-0.2, 0) is 0 Å². The first-order chi connectivity index (χ1) is 4.97. The third kappa shape index (κ3) is 0.926. The van der Waals surface area contributed by atoms with Gasteiger partial charge in [0.2, 0.25) is 0 Å². The van der Waals surface area contributed by atoms with E-state index in [4.69, 9.17) is 4.52 Å². The van der Waals surface area contributed by atoms with Crippen LogP contribution in [0.1, 0.15) is 18.0 Å². The van der Waals surface area contributed by atoms with Gasteiger partial charge in [-0.1, -0.05) is 5.16 Å². The summed E-state index contributed by atoms with van der Waals surface area (Å²) in [7, 11) is 0. The highest BCUT2D eigenvalue weighted by atomic mass is 16.5. The topological polar surface area (TPSA) is 38.1 Å². The Hall–Kier alpha value is -0.830. The maximum atomic E-state index is 4.75. The normalized spacial score (nSPS) is 25.4. The fourth-order valence-electron chi connectivity index (χ4n) is 1.34. The molecule has 1 aliphatic rings. The molecule has 0 bridgehead atoms. The minimum absolute atomic E-state index is 0.582. The molecule has 1 N–H and O–H groups in total. The van der Waals surface area contributed by atoms with Crippen molar-refractivity contribution in [2.45, 2.75) is 12.3 Å². The number of nitrogens with one attached hydrogen (secondary N) is 1. The molecule has 3 heteroatoms. The molecule has 0 aromatic carbocycles. The average Bonchev–Trinajstić information content (AvgIpc) is 2.59. The molecule has 0 saturated carbocycles. The van der Waals surface area contributed by atoms with Gasteiger partial charge in [0.05, 0.1) is 5.69 Å². The van der Waals surface area contributed by atoms with Crippen LogP contribution in [0.3, 0.4) is 0 Å². The zero-order valence-electron chi connectivity index (χ0n) is 5.71. The van der Waals surface area contributed by atoms with Crippen molar-refractivity contribution in [2.75, 3.05) is 13.1 Å². The first-order valence-corrected chi connectivity index (χ1v) is 3.58. The van der Waals surface area contributed by atoms with Gasteiger partial charge in [-0.3, -0.25) is 0 Å². The molecule has 1 atom stereocenters. The molecule has 0 amide bonds. The van der Waals surface area contributed by atoms with E-state index in [1.165, 1.54) is 6.42 Å². The number of hydrogen-bond acceptors (Lipinski definition) is 3. The maximum absolute atomic E-state index is 4.75. The molecular formula is C7H10N2O. The lowest BCUT2D eigenvalue weighted by Crippen LogP contribution is -2.07. The third-order valence-electron chi connectivity index (χ3n) is 1.94. The molecule has 1 saturated heterocycles. The van der Waals surface area contributed by atoms with Crippen LogP contribution in [0.5, 0.6) is 0 Å². The highest BCUT2D eigenvalue weighted by molar-refractivity contribution is 5.06. The molecule has 3 nitrogen and oxygen atoms in total. The van der Waals surface area contributed by atoms with Crippen LogP contribution in [-0.4, -0.2) is 18.2 Å². The monoisotopic (exact) mass is 138 g/mol. The lowest BCUT2D eigenvalue weighted by Gasteiger charge is -1.99. The molecule has 0 spiro atoms. The maximum Gasteiger partial charge on any atom is 0.124 e. The predicted octanol–water partition coefficient (Wildman–Crippen LogP) is 0.751. The van der Waals surface area contributed by atoms with Gasteiger partial charge in [0, 0.05) is 18.5 Å². The van der Waals surface area contributed by atoms with Gasteiger partial charge >= 0.3 is 0 Å². The Kier molecular flexibility index (Phi) is 1.43. The minimum atomic E-state index is 0.582. The number of aromatic nitrogens is 1. The van der Waals surface area contributed by atoms with Crippen LogP contribution < -0.4 is 5.32 Å². The van der Waals surface area contributed by atoms with Crippen molar-refractivity contribution >= 4 is 0 Å². The van der Waals surface area contributed by atoms with E-state index < -0.39 is 0 Å². The lowest BCUT2D eigenvalue weighted by atomic mass is 10.1. The molecule has 0 aliphatic carbocycles. The van der Waals surface area contributed by atoms with E-state index in [1.54, 1.807) is 6.26 Å². The highest BCUT2D eigenvalue weighted by Gasteiger charge is 2.18. The second-order valence-corrected chi connectivity index (χ2v) is 2.61. The van der Waals surface area contributed by atoms with Crippen LogP contribution in [0, 0.1) is 0 Å². The van der Waals surface area contributed by atoms with E-state index in [0.717, 1.165) is 18.8 Å². The van der Waals surface area contributed by atoms with E-state index >= 15 is 0 Å². The molecule has 1 fully saturated rings. The quantitative estimate of drug-likeness (QED) is 0.622. The highest BCUT2D eigenvalue weighted by Crippen LogP contribution is 2.19. The summed E-state index contributed by atoms with van der Waals surface area (Å²) < 4.78 is 4.75. The average molecular weight is 138 g/mol. The fraction of sp³-hybridized carbons (Fsp3) is 0.571. The van der Waals surface area contributed by atoms with Gasteiger partial charge in [0.25, 0.3) is 0 Å². The van der Waals surface area contributed by atoms with Gasteiger partial charge in [0.1, 0.15) is 6.26 Å². The van der Waals surface area contributed by atoms with Crippen LogP contribution in [0.2, 0.25) is 0 Å². The van der Waals surface area contributed by atoms with Crippen molar-refractivity contribution in [1.29, 1.82) is 0 Å². The van der Waals surface area contributed by atoms with Gasteiger partial charge in [-0.2, -0.15) is 0 Å². The van der Waals surface area contributed by atoms with E-state index in [-0.39, 0.29) is 0 Å². The third-order valence-corrected chi connectivity index (χ3v) is 1.94. The minimum Gasteiger partial charge on any atom is -0.365 e. The number of rotatable bonds is 1. The largest absolute Gasteiger partial charge is 0.365 e. The SMILES string of the molecule is c1cc(C2CCNC2)no1. The summed E-state index contributed by atoms with van der Waals surface area (Å²) >= 11 is 0. The standard InChI is InChI=1S/C7H10N2O/c1-3-8-5-6(1)7-2-4-10-9-7/h2,4,6,8H,1,3,5H2. The van der Waals surface area contributed by atoms with Crippen molar-refractivity contribution in [1.82, 2.24) is 10.5 Å². The zero-order chi connectivity index (χ0) is 6.81. The number of hydrogen-bond donors (Lipinski definition) is 1. The van der Waals surface area contributed by atoms with Crippen molar-refractivity contribution in [3.05, 3.63) is 18.0 Å². The summed E-state index contributed by atoms with van der Waals surface area (Å²) in [4.78, 5) is 0. The first-order valence-electron chi connectivity index (χ1n) is 3.58. The van der Waals surface area contributed by atoms with Gasteiger partial charge in [-0.25, -0.2) is 0 Å². The summed E-state index contributed by atoms with van der Waals surface area (Å²) in [5, 5.41) is 7.16. The molecule has 0 radical (unpaired) electrons. The Balaban J connectivity index is 2.12. The Morgan fingerprint density at radius 1 is 1.70 bits per heavy atom. The van der Waals surface area contributed by atoms with Crippen molar-refractivity contribution < 1.29 is 4.52 Å². The zero-order valence-corrected chi connectivity index (χ0v) is 5.71. The Morgan fingerprint density at radius 2 is 2.70 bits per heavy atom. The smallest absolute Gasteiger partial charge is 0.124 e. The summed E-state index contributed by atoms with van der Waals surface area (Å²) in [5.74, 6) is 0.582. The summed E-state index contributed by atoms with van der Waals surface area (Å²) in [6.45, 7) is 2.16.